The van der Waals surface area contributed by atoms with E-state index >= 15 is 0 Å². The number of ether oxygens (including phenoxy) is 4. The van der Waals surface area contributed by atoms with Gasteiger partial charge in [-0.15, -0.1) is 0 Å². The molecule has 17 nitrogen and oxygen atoms in total. The zero-order valence-corrected chi connectivity index (χ0v) is 66.4. The Balaban J connectivity index is 5.46. The van der Waals surface area contributed by atoms with Gasteiger partial charge in [-0.2, -0.15) is 0 Å². The van der Waals surface area contributed by atoms with Crippen LogP contribution in [0.15, 0.2) is 158 Å². The fourth-order valence-corrected chi connectivity index (χ4v) is 11.6. The normalized spacial score (nSPS) is 14.7. The third-order valence-electron chi connectivity index (χ3n) is 16.0. The van der Waals surface area contributed by atoms with Gasteiger partial charge in [-0.3, -0.25) is 37.3 Å². The van der Waals surface area contributed by atoms with Crippen LogP contribution in [-0.2, 0) is 65.4 Å². The summed E-state index contributed by atoms with van der Waals surface area (Å²) in [5.74, 6) is -2.38. The first-order valence-electron chi connectivity index (χ1n) is 39.7. The number of unbranched alkanes of at least 4 members (excludes halogenated alkanes) is 21. The zero-order valence-electron chi connectivity index (χ0n) is 64.6. The molecule has 0 heterocycles. The molecule has 0 rings (SSSR count). The molecule has 0 aromatic carbocycles. The molecular formula is C85H140O17P2. The predicted molar refractivity (Wildman–Crippen MR) is 427 cm³/mol. The number of phosphoric acid groups is 2. The second-order valence-electron chi connectivity index (χ2n) is 25.9. The molecular weight excluding hydrogens is 1350 g/mol. The number of aliphatic hydroxyl groups is 1. The van der Waals surface area contributed by atoms with E-state index in [1.165, 1.54) is 77.0 Å². The molecule has 0 bridgehead atoms. The predicted octanol–water partition coefficient (Wildman–Crippen LogP) is 23.2. The molecule has 0 fully saturated rings. The van der Waals surface area contributed by atoms with Gasteiger partial charge in [-0.05, 0) is 128 Å². The van der Waals surface area contributed by atoms with Gasteiger partial charge in [0.25, 0.3) is 0 Å². The summed E-state index contributed by atoms with van der Waals surface area (Å²) in [4.78, 5) is 72.9. The molecule has 2 unspecified atom stereocenters. The summed E-state index contributed by atoms with van der Waals surface area (Å²) >= 11 is 0. The van der Waals surface area contributed by atoms with Crippen LogP contribution < -0.4 is 0 Å². The van der Waals surface area contributed by atoms with Crippen molar-refractivity contribution in [1.29, 1.82) is 0 Å². The van der Waals surface area contributed by atoms with E-state index in [2.05, 4.69) is 149 Å². The van der Waals surface area contributed by atoms with Crippen molar-refractivity contribution in [3.8, 4) is 0 Å². The largest absolute Gasteiger partial charge is 0.472 e. The number of rotatable bonds is 73. The van der Waals surface area contributed by atoms with E-state index in [9.17, 15) is 43.2 Å². The number of hydrogen-bond acceptors (Lipinski definition) is 15. The summed E-state index contributed by atoms with van der Waals surface area (Å²) in [7, 11) is -10.0. The average Bonchev–Trinajstić information content (AvgIpc) is 0.913. The van der Waals surface area contributed by atoms with Crippen LogP contribution in [0.1, 0.15) is 297 Å². The Morgan fingerprint density at radius 2 is 0.519 bits per heavy atom. The Kier molecular flexibility index (Phi) is 72.0. The van der Waals surface area contributed by atoms with Crippen LogP contribution in [-0.4, -0.2) is 96.7 Å². The lowest BCUT2D eigenvalue weighted by molar-refractivity contribution is -0.161. The second kappa shape index (κ2) is 75.9. The fraction of sp³-hybridized carbons (Fsp3) is 0.647. The van der Waals surface area contributed by atoms with Gasteiger partial charge in [0, 0.05) is 25.7 Å². The molecule has 104 heavy (non-hydrogen) atoms. The summed E-state index contributed by atoms with van der Waals surface area (Å²) in [5.41, 5.74) is 0. The Bertz CT molecular complexity index is 2590. The minimum Gasteiger partial charge on any atom is -0.462 e. The van der Waals surface area contributed by atoms with Gasteiger partial charge < -0.3 is 33.8 Å². The Morgan fingerprint density at radius 3 is 0.817 bits per heavy atom. The molecule has 0 aliphatic rings. The highest BCUT2D eigenvalue weighted by molar-refractivity contribution is 7.47. The van der Waals surface area contributed by atoms with Gasteiger partial charge in [0.05, 0.1) is 26.4 Å². The van der Waals surface area contributed by atoms with Crippen LogP contribution in [0.3, 0.4) is 0 Å². The molecule has 0 saturated carbocycles. The monoisotopic (exact) mass is 1490 g/mol. The van der Waals surface area contributed by atoms with Crippen molar-refractivity contribution in [2.24, 2.45) is 0 Å². The molecule has 0 amide bonds. The summed E-state index contributed by atoms with van der Waals surface area (Å²) in [6, 6.07) is 0. The number of carbonyl (C=O) groups is 4. The molecule has 0 aromatic heterocycles. The minimum absolute atomic E-state index is 0.0294. The van der Waals surface area contributed by atoms with Crippen LogP contribution in [0.5, 0.6) is 0 Å². The molecule has 0 aromatic rings. The van der Waals surface area contributed by atoms with Gasteiger partial charge in [0.1, 0.15) is 19.3 Å². The number of aliphatic hydroxyl groups excluding tert-OH is 1. The van der Waals surface area contributed by atoms with Gasteiger partial charge in [0.15, 0.2) is 12.2 Å². The molecule has 0 saturated heterocycles. The van der Waals surface area contributed by atoms with E-state index in [1.807, 2.05) is 36.5 Å². The number of hydrogen-bond donors (Lipinski definition) is 3. The van der Waals surface area contributed by atoms with E-state index in [4.69, 9.17) is 37.0 Å². The smallest absolute Gasteiger partial charge is 0.462 e. The first-order valence-corrected chi connectivity index (χ1v) is 42.7. The number of allylic oxidation sites excluding steroid dienone is 26. The zero-order chi connectivity index (χ0) is 76.0. The van der Waals surface area contributed by atoms with Crippen LogP contribution in [0.2, 0.25) is 0 Å². The molecule has 0 aliphatic heterocycles. The van der Waals surface area contributed by atoms with Crippen molar-refractivity contribution < 1.29 is 80.2 Å². The topological polar surface area (TPSA) is 237 Å². The maximum atomic E-state index is 13.1. The third kappa shape index (κ3) is 74.9. The van der Waals surface area contributed by atoms with Gasteiger partial charge in [0.2, 0.25) is 0 Å². The minimum atomic E-state index is -5.00. The summed E-state index contributed by atoms with van der Waals surface area (Å²) in [5, 5.41) is 10.6. The van der Waals surface area contributed by atoms with E-state index in [0.717, 1.165) is 128 Å². The van der Waals surface area contributed by atoms with Gasteiger partial charge >= 0.3 is 39.5 Å². The maximum absolute atomic E-state index is 13.1. The number of phosphoric ester groups is 2. The van der Waals surface area contributed by atoms with E-state index < -0.39 is 97.5 Å². The molecule has 0 radical (unpaired) electrons. The second-order valence-corrected chi connectivity index (χ2v) is 28.8. The highest BCUT2D eigenvalue weighted by Gasteiger charge is 2.30. The molecule has 19 heteroatoms. The molecule has 5 atom stereocenters. The highest BCUT2D eigenvalue weighted by atomic mass is 31.2. The van der Waals surface area contributed by atoms with E-state index in [-0.39, 0.29) is 25.7 Å². The lowest BCUT2D eigenvalue weighted by atomic mass is 10.0. The van der Waals surface area contributed by atoms with Crippen LogP contribution >= 0.6 is 15.6 Å². The van der Waals surface area contributed by atoms with Crippen molar-refractivity contribution in [3.63, 3.8) is 0 Å². The van der Waals surface area contributed by atoms with Crippen LogP contribution in [0, 0.1) is 0 Å². The third-order valence-corrected chi connectivity index (χ3v) is 17.9. The maximum Gasteiger partial charge on any atom is 0.472 e. The van der Waals surface area contributed by atoms with E-state index in [1.54, 1.807) is 0 Å². The molecule has 3 N–H and O–H groups in total. The lowest BCUT2D eigenvalue weighted by Gasteiger charge is -2.21. The number of esters is 4. The van der Waals surface area contributed by atoms with Crippen LogP contribution in [0.25, 0.3) is 0 Å². The average molecular weight is 1500 g/mol. The van der Waals surface area contributed by atoms with Crippen LogP contribution in [0.4, 0.5) is 0 Å². The molecule has 0 aliphatic carbocycles. The van der Waals surface area contributed by atoms with Gasteiger partial charge in [-0.1, -0.05) is 301 Å². The Morgan fingerprint density at radius 1 is 0.279 bits per heavy atom. The SMILES string of the molecule is CC/C=C\C/C=C\C/C=C\C/C=C\C/C=C\C/C=C\CCC(=O)OC[C@H](COP(=O)(O)OC[C@@H](O)COP(=O)(O)OC[C@@H](COC(=O)CC/C=C\C/C=C\C/C=C\C/C=C\C/C=C\C/C=C\CC)OC(=O)CCCCCCCCCCCCCCC)OC(=O)CCCCCCC/C=C\CCCCCC. The molecule has 592 valence electrons. The standard InChI is InChI=1S/C85H140O17P2/c1-5-9-13-17-21-25-29-33-35-37-39-41-43-47-49-53-57-61-65-69-82(87)95-75-80(101-84(89)71-67-63-59-55-51-45-31-27-23-19-15-11-7-3)77-99-103(91,92)97-73-79(86)74-98-104(93,94)100-78-81(102-85(90)72-68-64-60-56-52-46-32-28-24-20-16-12-8-4)76-96-83(88)70-66-62-58-54-50-48-44-42-40-38-36-34-30-26-22-18-14-10-6-2/h9-10,13-14,21-22,25-27,31,33-36,39-42,47-50,57-58,61-62,79-81,86H,5-8,11-12,15-20,23-24,28-30,32,37-38,43-46,51-56,59-60,63-78H2,1-4H3,(H,91,92)(H,93,94)/b13-9-,14-10-,25-21-,26-22-,31-27-,35-33-,36-34-,41-39-,42-40-,49-47-,50-48-,61-57-,62-58-/t79-,80-,81-/m1/s1. The Hall–Kier alpha value is -5.32. The summed E-state index contributed by atoms with van der Waals surface area (Å²) < 4.78 is 68.4. The van der Waals surface area contributed by atoms with Crippen molar-refractivity contribution in [2.45, 2.75) is 316 Å². The van der Waals surface area contributed by atoms with Crippen molar-refractivity contribution in [1.82, 2.24) is 0 Å². The first kappa shape index (κ1) is 98.7. The fourth-order valence-electron chi connectivity index (χ4n) is 10.0. The summed E-state index contributed by atoms with van der Waals surface area (Å²) in [6.45, 7) is 4.45. The summed E-state index contributed by atoms with van der Waals surface area (Å²) in [6.07, 6.45) is 88.3. The number of carbonyl (C=O) groups excluding carboxylic acids is 4. The Labute approximate surface area is 629 Å². The van der Waals surface area contributed by atoms with Gasteiger partial charge in [-0.25, -0.2) is 9.13 Å². The van der Waals surface area contributed by atoms with Crippen molar-refractivity contribution >= 4 is 39.5 Å². The first-order chi connectivity index (χ1) is 50.7. The quantitative estimate of drug-likeness (QED) is 0.0169. The van der Waals surface area contributed by atoms with Crippen molar-refractivity contribution in [2.75, 3.05) is 39.6 Å². The highest BCUT2D eigenvalue weighted by Crippen LogP contribution is 2.45. The van der Waals surface area contributed by atoms with E-state index in [0.29, 0.717) is 38.5 Å². The molecule has 0 spiro atoms. The van der Waals surface area contributed by atoms with Crippen molar-refractivity contribution in [3.05, 3.63) is 158 Å². The lowest BCUT2D eigenvalue weighted by Crippen LogP contribution is -2.30.